The zero-order chi connectivity index (χ0) is 26.5. The summed E-state index contributed by atoms with van der Waals surface area (Å²) in [6.45, 7) is 8.36. The summed E-state index contributed by atoms with van der Waals surface area (Å²) in [5.41, 5.74) is 7.70. The largest absolute Gasteiger partial charge is 0.352 e. The van der Waals surface area contributed by atoms with E-state index in [-0.39, 0.29) is 6.04 Å². The molecule has 5 aromatic rings. The van der Waals surface area contributed by atoms with Crippen LogP contribution in [-0.2, 0) is 6.42 Å². The van der Waals surface area contributed by atoms with Gasteiger partial charge in [0, 0.05) is 29.0 Å². The summed E-state index contributed by atoms with van der Waals surface area (Å²) >= 11 is 0. The van der Waals surface area contributed by atoms with Gasteiger partial charge in [-0.15, -0.1) is 0 Å². The molecule has 2 heterocycles. The van der Waals surface area contributed by atoms with Gasteiger partial charge in [-0.3, -0.25) is 4.98 Å². The molecular weight excluding hydrogens is 470 g/mol. The van der Waals surface area contributed by atoms with Crippen molar-refractivity contribution in [3.63, 3.8) is 0 Å². The number of hydrogen-bond donors (Lipinski definition) is 3. The zero-order valence-electron chi connectivity index (χ0n) is 22.3. The predicted octanol–water partition coefficient (Wildman–Crippen LogP) is 7.27. The highest BCUT2D eigenvalue weighted by atomic mass is 15.3. The molecule has 3 aromatic carbocycles. The van der Waals surface area contributed by atoms with Gasteiger partial charge in [-0.2, -0.15) is 15.0 Å². The van der Waals surface area contributed by atoms with Crippen molar-refractivity contribution in [3.8, 4) is 0 Å². The van der Waals surface area contributed by atoms with Crippen molar-refractivity contribution in [3.05, 3.63) is 101 Å². The minimum absolute atomic E-state index is 0.142. The van der Waals surface area contributed by atoms with Crippen LogP contribution in [0.15, 0.2) is 79.0 Å². The molecule has 3 N–H and O–H groups in total. The normalized spacial score (nSPS) is 11.8. The number of benzene rings is 3. The van der Waals surface area contributed by atoms with E-state index in [4.69, 9.17) is 9.97 Å². The maximum atomic E-state index is 4.69. The van der Waals surface area contributed by atoms with Crippen LogP contribution in [0, 0.1) is 20.8 Å². The number of aryl methyl sites for hydroxylation is 4. The monoisotopic (exact) mass is 503 g/mol. The lowest BCUT2D eigenvalue weighted by atomic mass is 10.0. The van der Waals surface area contributed by atoms with E-state index in [1.54, 1.807) is 0 Å². The Morgan fingerprint density at radius 1 is 0.711 bits per heavy atom. The average Bonchev–Trinajstić information content (AvgIpc) is 2.90. The summed E-state index contributed by atoms with van der Waals surface area (Å²) in [6, 6.07) is 24.9. The van der Waals surface area contributed by atoms with Gasteiger partial charge in [0.15, 0.2) is 0 Å². The second kappa shape index (κ2) is 11.3. The summed E-state index contributed by atoms with van der Waals surface area (Å²) in [5.74, 6) is 1.49. The first-order chi connectivity index (χ1) is 18.4. The van der Waals surface area contributed by atoms with Crippen molar-refractivity contribution >= 4 is 40.1 Å². The van der Waals surface area contributed by atoms with Crippen molar-refractivity contribution in [1.29, 1.82) is 0 Å². The first-order valence-electron chi connectivity index (χ1n) is 13.0. The summed E-state index contributed by atoms with van der Waals surface area (Å²) < 4.78 is 0. The minimum Gasteiger partial charge on any atom is -0.352 e. The van der Waals surface area contributed by atoms with Crippen LogP contribution in [0.3, 0.4) is 0 Å². The maximum Gasteiger partial charge on any atom is 0.233 e. The van der Waals surface area contributed by atoms with E-state index in [0.717, 1.165) is 40.9 Å². The van der Waals surface area contributed by atoms with Crippen LogP contribution in [0.1, 0.15) is 35.6 Å². The predicted molar refractivity (Wildman–Crippen MR) is 157 cm³/mol. The molecule has 7 heteroatoms. The number of anilines is 5. The number of aromatic nitrogens is 4. The van der Waals surface area contributed by atoms with Crippen LogP contribution < -0.4 is 16.0 Å². The topological polar surface area (TPSA) is 87.7 Å². The molecule has 0 aliphatic rings. The van der Waals surface area contributed by atoms with E-state index in [9.17, 15) is 0 Å². The molecule has 1 unspecified atom stereocenters. The fraction of sp³-hybridized carbons (Fsp3) is 0.226. The van der Waals surface area contributed by atoms with E-state index in [0.29, 0.717) is 17.8 Å². The Balaban J connectivity index is 1.36. The number of rotatable bonds is 9. The molecule has 0 bridgehead atoms. The summed E-state index contributed by atoms with van der Waals surface area (Å²) in [6.07, 6.45) is 3.73. The highest BCUT2D eigenvalue weighted by Crippen LogP contribution is 2.24. The van der Waals surface area contributed by atoms with Gasteiger partial charge in [-0.1, -0.05) is 48.5 Å². The van der Waals surface area contributed by atoms with Crippen molar-refractivity contribution in [2.45, 2.75) is 46.6 Å². The van der Waals surface area contributed by atoms with E-state index in [1.165, 1.54) is 16.5 Å². The lowest BCUT2D eigenvalue weighted by Crippen LogP contribution is -2.19. The second-order valence-electron chi connectivity index (χ2n) is 9.76. The van der Waals surface area contributed by atoms with Gasteiger partial charge >= 0.3 is 0 Å². The van der Waals surface area contributed by atoms with Crippen molar-refractivity contribution in [2.75, 3.05) is 16.0 Å². The molecule has 0 saturated carbocycles. The number of nitrogens with zero attached hydrogens (tertiary/aromatic N) is 4. The van der Waals surface area contributed by atoms with E-state index < -0.39 is 0 Å². The Morgan fingerprint density at radius 2 is 1.32 bits per heavy atom. The van der Waals surface area contributed by atoms with Gasteiger partial charge in [0.25, 0.3) is 0 Å². The van der Waals surface area contributed by atoms with Crippen molar-refractivity contribution < 1.29 is 0 Å². The summed E-state index contributed by atoms with van der Waals surface area (Å²) in [7, 11) is 0. The Bertz CT molecular complexity index is 1500. The first kappa shape index (κ1) is 25.1. The fourth-order valence-electron chi connectivity index (χ4n) is 4.42. The second-order valence-corrected chi connectivity index (χ2v) is 9.76. The van der Waals surface area contributed by atoms with Crippen LogP contribution in [0.4, 0.5) is 29.2 Å². The van der Waals surface area contributed by atoms with Gasteiger partial charge in [-0.25, -0.2) is 0 Å². The molecule has 7 nitrogen and oxygen atoms in total. The molecule has 192 valence electrons. The molecule has 0 saturated heterocycles. The lowest BCUT2D eigenvalue weighted by Gasteiger charge is -2.17. The number of hydrogen-bond acceptors (Lipinski definition) is 7. The Labute approximate surface area is 223 Å². The summed E-state index contributed by atoms with van der Waals surface area (Å²) in [4.78, 5) is 18.6. The minimum atomic E-state index is 0.142. The van der Waals surface area contributed by atoms with Crippen molar-refractivity contribution in [1.82, 2.24) is 19.9 Å². The Morgan fingerprint density at radius 3 is 1.95 bits per heavy atom. The zero-order valence-corrected chi connectivity index (χ0v) is 22.3. The van der Waals surface area contributed by atoms with Crippen LogP contribution in [0.25, 0.3) is 10.9 Å². The van der Waals surface area contributed by atoms with Gasteiger partial charge < -0.3 is 16.0 Å². The third kappa shape index (κ3) is 6.06. The summed E-state index contributed by atoms with van der Waals surface area (Å²) in [5, 5.41) is 11.4. The molecule has 0 aliphatic heterocycles. The van der Waals surface area contributed by atoms with Crippen LogP contribution in [0.5, 0.6) is 0 Å². The molecule has 2 aromatic heterocycles. The molecule has 1 atom stereocenters. The van der Waals surface area contributed by atoms with E-state index in [2.05, 4.69) is 90.0 Å². The smallest absolute Gasteiger partial charge is 0.233 e. The Kier molecular flexibility index (Phi) is 7.45. The molecule has 5 rings (SSSR count). The number of fused-ring (bicyclic) bond motifs is 1. The average molecular weight is 504 g/mol. The molecule has 0 amide bonds. The van der Waals surface area contributed by atoms with Crippen molar-refractivity contribution in [2.24, 2.45) is 0 Å². The standard InChI is InChI=1S/C31H33N7/c1-20-13-16-25-24(17-18-32-28(25)19-20)15-14-23(4)33-29-36-30(34-26-11-7-5-9-21(26)2)38-31(37-29)35-27-12-8-6-10-22(27)3/h5-13,16-19,23H,14-15H2,1-4H3,(H3,33,34,35,36,37,38). The number of para-hydroxylation sites is 2. The fourth-order valence-corrected chi connectivity index (χ4v) is 4.42. The van der Waals surface area contributed by atoms with E-state index in [1.807, 2.05) is 42.6 Å². The maximum absolute atomic E-state index is 4.69. The van der Waals surface area contributed by atoms with Gasteiger partial charge in [0.05, 0.1) is 5.52 Å². The van der Waals surface area contributed by atoms with Crippen LogP contribution >= 0.6 is 0 Å². The van der Waals surface area contributed by atoms with Gasteiger partial charge in [0.2, 0.25) is 17.8 Å². The van der Waals surface area contributed by atoms with Gasteiger partial charge in [0.1, 0.15) is 0 Å². The SMILES string of the molecule is Cc1ccc2c(CCC(C)Nc3nc(Nc4ccccc4C)nc(Nc4ccccc4C)n3)ccnc2c1. The van der Waals surface area contributed by atoms with Crippen LogP contribution in [-0.4, -0.2) is 26.0 Å². The third-order valence-corrected chi connectivity index (χ3v) is 6.63. The first-order valence-corrected chi connectivity index (χ1v) is 13.0. The molecule has 0 radical (unpaired) electrons. The third-order valence-electron chi connectivity index (χ3n) is 6.63. The molecule has 0 aliphatic carbocycles. The van der Waals surface area contributed by atoms with Gasteiger partial charge in [-0.05, 0) is 87.1 Å². The van der Waals surface area contributed by atoms with E-state index >= 15 is 0 Å². The quantitative estimate of drug-likeness (QED) is 0.195. The Hall–Kier alpha value is -4.52. The molecule has 0 fully saturated rings. The highest BCUT2D eigenvalue weighted by molar-refractivity contribution is 5.82. The number of pyridine rings is 1. The van der Waals surface area contributed by atoms with Crippen LogP contribution in [0.2, 0.25) is 0 Å². The lowest BCUT2D eigenvalue weighted by molar-refractivity contribution is 0.700. The highest BCUT2D eigenvalue weighted by Gasteiger charge is 2.12. The number of nitrogens with one attached hydrogen (secondary N) is 3. The molecular formula is C31H33N7. The molecule has 38 heavy (non-hydrogen) atoms. The molecule has 0 spiro atoms.